The van der Waals surface area contributed by atoms with Gasteiger partial charge in [0, 0.05) is 26.3 Å². The largest absolute Gasteiger partial charge is 0.380 e. The van der Waals surface area contributed by atoms with E-state index in [9.17, 15) is 10.1 Å². The normalized spacial score (nSPS) is 19.4. The van der Waals surface area contributed by atoms with Crippen LogP contribution in [0.1, 0.15) is 38.2 Å². The summed E-state index contributed by atoms with van der Waals surface area (Å²) >= 11 is 0. The van der Waals surface area contributed by atoms with Gasteiger partial charge in [0.15, 0.2) is 0 Å². The molecule has 0 aromatic heterocycles. The average molecular weight is 278 g/mol. The number of methoxy groups -OCH3 is 1. The first kappa shape index (κ1) is 14.8. The van der Waals surface area contributed by atoms with Crippen LogP contribution >= 0.6 is 0 Å². The number of rotatable bonds is 4. The summed E-state index contributed by atoms with van der Waals surface area (Å²) in [4.78, 5) is 13.0. The van der Waals surface area contributed by atoms with Crippen molar-refractivity contribution in [3.8, 4) is 0 Å². The molecule has 1 aliphatic heterocycles. The van der Waals surface area contributed by atoms with Crippen molar-refractivity contribution in [2.24, 2.45) is 0 Å². The molecule has 1 fully saturated rings. The van der Waals surface area contributed by atoms with Gasteiger partial charge < -0.3 is 9.64 Å². The molecule has 0 amide bonds. The molecule has 110 valence electrons. The summed E-state index contributed by atoms with van der Waals surface area (Å²) in [7, 11) is 1.70. The predicted molar refractivity (Wildman–Crippen MR) is 79.4 cm³/mol. The third kappa shape index (κ3) is 3.10. The second-order valence-corrected chi connectivity index (χ2v) is 5.61. The van der Waals surface area contributed by atoms with Crippen molar-refractivity contribution in [2.75, 3.05) is 25.1 Å². The van der Waals surface area contributed by atoms with Gasteiger partial charge in [-0.25, -0.2) is 0 Å². The highest BCUT2D eigenvalue weighted by atomic mass is 16.6. The topological polar surface area (TPSA) is 55.6 Å². The van der Waals surface area contributed by atoms with E-state index in [0.29, 0.717) is 5.92 Å². The van der Waals surface area contributed by atoms with E-state index >= 15 is 0 Å². The van der Waals surface area contributed by atoms with Crippen LogP contribution in [0, 0.1) is 10.1 Å². The van der Waals surface area contributed by atoms with Gasteiger partial charge in [0.1, 0.15) is 5.69 Å². The van der Waals surface area contributed by atoms with Crippen LogP contribution < -0.4 is 4.90 Å². The molecule has 1 saturated heterocycles. The van der Waals surface area contributed by atoms with Gasteiger partial charge in [-0.1, -0.05) is 19.9 Å². The Hall–Kier alpha value is -1.62. The molecule has 1 unspecified atom stereocenters. The molecule has 1 aromatic rings. The maximum absolute atomic E-state index is 11.2. The molecule has 0 aliphatic carbocycles. The van der Waals surface area contributed by atoms with Crippen molar-refractivity contribution in [3.05, 3.63) is 33.9 Å². The molecule has 0 N–H and O–H groups in total. The highest BCUT2D eigenvalue weighted by molar-refractivity contribution is 5.65. The fourth-order valence-corrected chi connectivity index (χ4v) is 2.66. The van der Waals surface area contributed by atoms with Crippen LogP contribution in [0.3, 0.4) is 0 Å². The summed E-state index contributed by atoms with van der Waals surface area (Å²) in [6.45, 7) is 5.76. The van der Waals surface area contributed by atoms with Gasteiger partial charge in [-0.05, 0) is 30.4 Å². The average Bonchev–Trinajstić information content (AvgIpc) is 2.46. The summed E-state index contributed by atoms with van der Waals surface area (Å²) < 4.78 is 5.41. The minimum atomic E-state index is -0.296. The number of nitro groups is 1. The van der Waals surface area contributed by atoms with Crippen LogP contribution in [0.4, 0.5) is 11.4 Å². The van der Waals surface area contributed by atoms with Gasteiger partial charge in [0.25, 0.3) is 5.69 Å². The van der Waals surface area contributed by atoms with Crippen LogP contribution in [-0.2, 0) is 4.74 Å². The van der Waals surface area contributed by atoms with Crippen LogP contribution in [0.2, 0.25) is 0 Å². The minimum absolute atomic E-state index is 0.158. The van der Waals surface area contributed by atoms with Crippen molar-refractivity contribution < 1.29 is 9.66 Å². The van der Waals surface area contributed by atoms with Crippen molar-refractivity contribution in [1.29, 1.82) is 0 Å². The van der Waals surface area contributed by atoms with Crippen LogP contribution in [-0.4, -0.2) is 31.2 Å². The van der Waals surface area contributed by atoms with Gasteiger partial charge in [0.05, 0.1) is 11.0 Å². The van der Waals surface area contributed by atoms with Crippen molar-refractivity contribution >= 4 is 11.4 Å². The highest BCUT2D eigenvalue weighted by Gasteiger charge is 2.25. The zero-order valence-electron chi connectivity index (χ0n) is 12.3. The molecular formula is C15H22N2O3. The molecule has 1 aliphatic rings. The molecule has 0 spiro atoms. The minimum Gasteiger partial charge on any atom is -0.380 e. The lowest BCUT2D eigenvalue weighted by Crippen LogP contribution is -2.39. The maximum atomic E-state index is 11.2. The first-order chi connectivity index (χ1) is 9.52. The first-order valence-corrected chi connectivity index (χ1v) is 7.09. The standard InChI is InChI=1S/C15H22N2O3/c1-11(2)12-6-7-14(17(18)19)15(9-12)16-8-4-5-13(10-16)20-3/h6-7,9,11,13H,4-5,8,10H2,1-3H3. The smallest absolute Gasteiger partial charge is 0.292 e. The predicted octanol–water partition coefficient (Wildman–Crippen LogP) is 3.33. The number of anilines is 1. The summed E-state index contributed by atoms with van der Waals surface area (Å²) in [6.07, 6.45) is 2.18. The fraction of sp³-hybridized carbons (Fsp3) is 0.600. The molecule has 20 heavy (non-hydrogen) atoms. The van der Waals surface area contributed by atoms with E-state index in [0.717, 1.165) is 37.2 Å². The van der Waals surface area contributed by atoms with Gasteiger partial charge >= 0.3 is 0 Å². The third-order valence-electron chi connectivity index (χ3n) is 3.92. The Morgan fingerprint density at radius 2 is 2.20 bits per heavy atom. The lowest BCUT2D eigenvalue weighted by molar-refractivity contribution is -0.384. The van der Waals surface area contributed by atoms with E-state index in [-0.39, 0.29) is 16.7 Å². The Morgan fingerprint density at radius 3 is 2.80 bits per heavy atom. The number of hydrogen-bond donors (Lipinski definition) is 0. The molecule has 1 heterocycles. The van der Waals surface area contributed by atoms with Gasteiger partial charge in [-0.15, -0.1) is 0 Å². The zero-order chi connectivity index (χ0) is 14.7. The molecule has 1 atom stereocenters. The fourth-order valence-electron chi connectivity index (χ4n) is 2.66. The van der Waals surface area contributed by atoms with E-state index in [4.69, 9.17) is 4.74 Å². The Kier molecular flexibility index (Phi) is 4.60. The lowest BCUT2D eigenvalue weighted by Gasteiger charge is -2.33. The summed E-state index contributed by atoms with van der Waals surface area (Å²) in [5, 5.41) is 11.2. The molecule has 2 rings (SSSR count). The molecule has 0 radical (unpaired) electrons. The van der Waals surface area contributed by atoms with E-state index in [2.05, 4.69) is 18.7 Å². The van der Waals surface area contributed by atoms with E-state index < -0.39 is 0 Å². The number of nitro benzene ring substituents is 1. The van der Waals surface area contributed by atoms with Gasteiger partial charge in [0.2, 0.25) is 0 Å². The number of piperidine rings is 1. The SMILES string of the molecule is COC1CCCN(c2cc(C(C)C)ccc2[N+](=O)[O-])C1. The van der Waals surface area contributed by atoms with E-state index in [1.54, 1.807) is 13.2 Å². The lowest BCUT2D eigenvalue weighted by atomic mass is 10.00. The Balaban J connectivity index is 2.36. The van der Waals surface area contributed by atoms with E-state index in [1.165, 1.54) is 0 Å². The molecule has 5 nitrogen and oxygen atoms in total. The molecule has 5 heteroatoms. The zero-order valence-corrected chi connectivity index (χ0v) is 12.3. The molecular weight excluding hydrogens is 256 g/mol. The van der Waals surface area contributed by atoms with E-state index in [1.807, 2.05) is 12.1 Å². The number of hydrogen-bond acceptors (Lipinski definition) is 4. The highest BCUT2D eigenvalue weighted by Crippen LogP contribution is 2.33. The monoisotopic (exact) mass is 278 g/mol. The Morgan fingerprint density at radius 1 is 1.45 bits per heavy atom. The second-order valence-electron chi connectivity index (χ2n) is 5.61. The van der Waals surface area contributed by atoms with Crippen molar-refractivity contribution in [2.45, 2.75) is 38.7 Å². The quantitative estimate of drug-likeness (QED) is 0.626. The van der Waals surface area contributed by atoms with Gasteiger partial charge in [-0.2, -0.15) is 0 Å². The summed E-state index contributed by atoms with van der Waals surface area (Å²) in [5.74, 6) is 0.359. The van der Waals surface area contributed by atoms with Crippen LogP contribution in [0.5, 0.6) is 0 Å². The first-order valence-electron chi connectivity index (χ1n) is 7.09. The Bertz CT molecular complexity index is 488. The summed E-state index contributed by atoms with van der Waals surface area (Å²) in [5.41, 5.74) is 2.04. The Labute approximate surface area is 119 Å². The van der Waals surface area contributed by atoms with Crippen molar-refractivity contribution in [1.82, 2.24) is 0 Å². The number of ether oxygens (including phenoxy) is 1. The van der Waals surface area contributed by atoms with Gasteiger partial charge in [-0.3, -0.25) is 10.1 Å². The summed E-state index contributed by atoms with van der Waals surface area (Å²) in [6, 6.07) is 5.44. The van der Waals surface area contributed by atoms with Crippen LogP contribution in [0.15, 0.2) is 18.2 Å². The molecule has 0 bridgehead atoms. The number of benzene rings is 1. The van der Waals surface area contributed by atoms with Crippen LogP contribution in [0.25, 0.3) is 0 Å². The van der Waals surface area contributed by atoms with Crippen molar-refractivity contribution in [3.63, 3.8) is 0 Å². The molecule has 1 aromatic carbocycles. The second kappa shape index (κ2) is 6.22. The maximum Gasteiger partial charge on any atom is 0.292 e. The third-order valence-corrected chi connectivity index (χ3v) is 3.92. The molecule has 0 saturated carbocycles. The number of nitrogens with zero attached hydrogens (tertiary/aromatic N) is 2.